The SMILES string of the molecule is COCCn1nc(-c2cccc(OC)c2)cc(N)c1=O. The van der Waals surface area contributed by atoms with E-state index in [9.17, 15) is 4.79 Å². The molecule has 106 valence electrons. The minimum atomic E-state index is -0.311. The molecule has 1 aromatic carbocycles. The van der Waals surface area contributed by atoms with Crippen molar-refractivity contribution in [3.05, 3.63) is 40.7 Å². The van der Waals surface area contributed by atoms with Crippen LogP contribution in [0, 0.1) is 0 Å². The molecule has 6 nitrogen and oxygen atoms in total. The van der Waals surface area contributed by atoms with Crippen LogP contribution in [0.2, 0.25) is 0 Å². The van der Waals surface area contributed by atoms with Gasteiger partial charge in [0.2, 0.25) is 0 Å². The summed E-state index contributed by atoms with van der Waals surface area (Å²) in [6.45, 7) is 0.755. The van der Waals surface area contributed by atoms with Crippen LogP contribution >= 0.6 is 0 Å². The van der Waals surface area contributed by atoms with Gasteiger partial charge in [-0.15, -0.1) is 0 Å². The standard InChI is InChI=1S/C14H17N3O3/c1-19-7-6-17-14(18)12(15)9-13(16-17)10-4-3-5-11(8-10)20-2/h3-5,8-9H,6-7,15H2,1-2H3. The summed E-state index contributed by atoms with van der Waals surface area (Å²) in [5, 5.41) is 4.30. The van der Waals surface area contributed by atoms with Crippen molar-refractivity contribution in [3.8, 4) is 17.0 Å². The number of nitrogens with two attached hydrogens (primary N) is 1. The van der Waals surface area contributed by atoms with E-state index in [0.717, 1.165) is 11.3 Å². The van der Waals surface area contributed by atoms with Crippen LogP contribution in [-0.4, -0.2) is 30.6 Å². The lowest BCUT2D eigenvalue weighted by molar-refractivity contribution is 0.182. The van der Waals surface area contributed by atoms with Crippen molar-refractivity contribution in [1.29, 1.82) is 0 Å². The quantitative estimate of drug-likeness (QED) is 0.885. The molecule has 0 aliphatic carbocycles. The van der Waals surface area contributed by atoms with Gasteiger partial charge < -0.3 is 15.2 Å². The number of ether oxygens (including phenoxy) is 2. The van der Waals surface area contributed by atoms with Gasteiger partial charge in [-0.05, 0) is 18.2 Å². The number of aromatic nitrogens is 2. The average molecular weight is 275 g/mol. The highest BCUT2D eigenvalue weighted by molar-refractivity contribution is 5.63. The van der Waals surface area contributed by atoms with Crippen molar-refractivity contribution in [2.75, 3.05) is 26.6 Å². The molecule has 20 heavy (non-hydrogen) atoms. The van der Waals surface area contributed by atoms with E-state index in [4.69, 9.17) is 15.2 Å². The smallest absolute Gasteiger partial charge is 0.289 e. The monoisotopic (exact) mass is 275 g/mol. The van der Waals surface area contributed by atoms with E-state index >= 15 is 0 Å². The van der Waals surface area contributed by atoms with E-state index in [1.54, 1.807) is 20.3 Å². The molecule has 0 saturated heterocycles. The van der Waals surface area contributed by atoms with Gasteiger partial charge in [-0.3, -0.25) is 4.79 Å². The molecule has 6 heteroatoms. The number of nitrogen functional groups attached to an aromatic ring is 1. The Bertz CT molecular complexity index is 652. The molecule has 0 aliphatic heterocycles. The van der Waals surface area contributed by atoms with Gasteiger partial charge in [0, 0.05) is 12.7 Å². The van der Waals surface area contributed by atoms with Crippen molar-refractivity contribution in [3.63, 3.8) is 0 Å². The molecule has 0 atom stereocenters. The summed E-state index contributed by atoms with van der Waals surface area (Å²) in [4.78, 5) is 11.9. The molecule has 0 unspecified atom stereocenters. The maximum Gasteiger partial charge on any atom is 0.289 e. The van der Waals surface area contributed by atoms with E-state index in [2.05, 4.69) is 5.10 Å². The molecule has 0 bridgehead atoms. The molecular weight excluding hydrogens is 258 g/mol. The highest BCUT2D eigenvalue weighted by atomic mass is 16.5. The normalized spacial score (nSPS) is 10.5. The predicted octanol–water partition coefficient (Wildman–Crippen LogP) is 1.15. The van der Waals surface area contributed by atoms with Crippen LogP contribution in [0.1, 0.15) is 0 Å². The fourth-order valence-electron chi connectivity index (χ4n) is 1.82. The first-order valence-electron chi connectivity index (χ1n) is 6.16. The summed E-state index contributed by atoms with van der Waals surface area (Å²) < 4.78 is 11.5. The fraction of sp³-hybridized carbons (Fsp3) is 0.286. The number of methoxy groups -OCH3 is 2. The maximum absolute atomic E-state index is 11.9. The van der Waals surface area contributed by atoms with Crippen molar-refractivity contribution < 1.29 is 9.47 Å². The van der Waals surface area contributed by atoms with E-state index < -0.39 is 0 Å². The van der Waals surface area contributed by atoms with Crippen molar-refractivity contribution >= 4 is 5.69 Å². The molecule has 2 N–H and O–H groups in total. The molecule has 2 aromatic rings. The second kappa shape index (κ2) is 6.21. The van der Waals surface area contributed by atoms with Crippen molar-refractivity contribution in [1.82, 2.24) is 9.78 Å². The third-order valence-corrected chi connectivity index (χ3v) is 2.87. The highest BCUT2D eigenvalue weighted by Gasteiger charge is 2.08. The third kappa shape index (κ3) is 2.97. The summed E-state index contributed by atoms with van der Waals surface area (Å²) in [7, 11) is 3.17. The van der Waals surface area contributed by atoms with Gasteiger partial charge in [0.1, 0.15) is 11.4 Å². The van der Waals surface area contributed by atoms with Crippen LogP contribution in [0.3, 0.4) is 0 Å². The van der Waals surface area contributed by atoms with Gasteiger partial charge >= 0.3 is 0 Å². The zero-order valence-electron chi connectivity index (χ0n) is 11.5. The highest BCUT2D eigenvalue weighted by Crippen LogP contribution is 2.22. The molecule has 0 radical (unpaired) electrons. The summed E-state index contributed by atoms with van der Waals surface area (Å²) in [5.41, 5.74) is 7.06. The summed E-state index contributed by atoms with van der Waals surface area (Å²) in [6, 6.07) is 8.99. The summed E-state index contributed by atoms with van der Waals surface area (Å²) in [5.74, 6) is 0.720. The average Bonchev–Trinajstić information content (AvgIpc) is 2.48. The van der Waals surface area contributed by atoms with E-state index in [-0.39, 0.29) is 11.2 Å². The van der Waals surface area contributed by atoms with Crippen molar-refractivity contribution in [2.24, 2.45) is 0 Å². The van der Waals surface area contributed by atoms with Crippen LogP contribution in [0.15, 0.2) is 35.1 Å². The van der Waals surface area contributed by atoms with Gasteiger partial charge in [-0.1, -0.05) is 12.1 Å². The Labute approximate surface area is 116 Å². The van der Waals surface area contributed by atoms with E-state index in [1.165, 1.54) is 4.68 Å². The molecule has 1 heterocycles. The Hall–Kier alpha value is -2.34. The molecule has 0 amide bonds. The van der Waals surface area contributed by atoms with Gasteiger partial charge in [0.15, 0.2) is 0 Å². The second-order valence-corrected chi connectivity index (χ2v) is 4.24. The van der Waals surface area contributed by atoms with Crippen LogP contribution in [0.5, 0.6) is 5.75 Å². The van der Waals surface area contributed by atoms with Crippen LogP contribution < -0.4 is 16.0 Å². The molecule has 0 saturated carbocycles. The lowest BCUT2D eigenvalue weighted by Crippen LogP contribution is -2.27. The number of rotatable bonds is 5. The first-order chi connectivity index (χ1) is 9.65. The van der Waals surface area contributed by atoms with E-state index in [0.29, 0.717) is 18.8 Å². The lowest BCUT2D eigenvalue weighted by atomic mass is 10.1. The largest absolute Gasteiger partial charge is 0.497 e. The van der Waals surface area contributed by atoms with Crippen LogP contribution in [0.25, 0.3) is 11.3 Å². The Morgan fingerprint density at radius 3 is 2.80 bits per heavy atom. The molecule has 0 spiro atoms. The van der Waals surface area contributed by atoms with E-state index in [1.807, 2.05) is 24.3 Å². The number of nitrogens with zero attached hydrogens (tertiary/aromatic N) is 2. The van der Waals surface area contributed by atoms with Crippen LogP contribution in [0.4, 0.5) is 5.69 Å². The molecular formula is C14H17N3O3. The Balaban J connectivity index is 2.45. The molecule has 1 aromatic heterocycles. The number of hydrogen-bond donors (Lipinski definition) is 1. The Morgan fingerprint density at radius 2 is 2.10 bits per heavy atom. The van der Waals surface area contributed by atoms with Gasteiger partial charge in [0.05, 0.1) is 26.0 Å². The summed E-state index contributed by atoms with van der Waals surface area (Å²) >= 11 is 0. The van der Waals surface area contributed by atoms with Crippen molar-refractivity contribution in [2.45, 2.75) is 6.54 Å². The minimum Gasteiger partial charge on any atom is -0.497 e. The Morgan fingerprint density at radius 1 is 1.30 bits per heavy atom. The van der Waals surface area contributed by atoms with Gasteiger partial charge in [-0.25, -0.2) is 4.68 Å². The number of anilines is 1. The fourth-order valence-corrected chi connectivity index (χ4v) is 1.82. The number of hydrogen-bond acceptors (Lipinski definition) is 5. The molecule has 0 fully saturated rings. The minimum absolute atomic E-state index is 0.161. The van der Waals surface area contributed by atoms with Gasteiger partial charge in [0.25, 0.3) is 5.56 Å². The predicted molar refractivity (Wildman–Crippen MR) is 76.8 cm³/mol. The second-order valence-electron chi connectivity index (χ2n) is 4.24. The topological polar surface area (TPSA) is 79.4 Å². The molecule has 0 aliphatic rings. The first-order valence-corrected chi connectivity index (χ1v) is 6.16. The summed E-state index contributed by atoms with van der Waals surface area (Å²) in [6.07, 6.45) is 0. The number of benzene rings is 1. The first kappa shape index (κ1) is 14.1. The molecule has 2 rings (SSSR count). The zero-order chi connectivity index (χ0) is 14.5. The van der Waals surface area contributed by atoms with Gasteiger partial charge in [-0.2, -0.15) is 5.10 Å². The lowest BCUT2D eigenvalue weighted by Gasteiger charge is -2.09. The van der Waals surface area contributed by atoms with Crippen LogP contribution in [-0.2, 0) is 11.3 Å². The third-order valence-electron chi connectivity index (χ3n) is 2.87. The Kier molecular flexibility index (Phi) is 4.37. The zero-order valence-corrected chi connectivity index (χ0v) is 11.5. The maximum atomic E-state index is 11.9.